The summed E-state index contributed by atoms with van der Waals surface area (Å²) < 4.78 is 10.6. The Kier molecular flexibility index (Phi) is 38.1. The SMILES string of the molecule is CCCCCCCC(=O)CC(=O)[O-].CCCCCCCC(=O)CC(=O)[O-].CCCC[O][Ti+2][O]CCCC. The first-order valence-electron chi connectivity index (χ1n) is 14.2. The first-order chi connectivity index (χ1) is 17.7. The van der Waals surface area contributed by atoms with E-state index in [9.17, 15) is 29.4 Å². The van der Waals surface area contributed by atoms with Crippen LogP contribution in [0.25, 0.3) is 0 Å². The Morgan fingerprint density at radius 2 is 0.838 bits per heavy atom. The number of carbonyl (C=O) groups is 4. The molecule has 8 nitrogen and oxygen atoms in total. The van der Waals surface area contributed by atoms with Crippen LogP contribution in [-0.4, -0.2) is 36.7 Å². The van der Waals surface area contributed by atoms with Crippen LogP contribution in [0.15, 0.2) is 0 Å². The zero-order chi connectivity index (χ0) is 28.6. The van der Waals surface area contributed by atoms with Crippen molar-refractivity contribution in [2.45, 2.75) is 143 Å². The van der Waals surface area contributed by atoms with Gasteiger partial charge in [-0.1, -0.05) is 65.2 Å². The molecule has 37 heavy (non-hydrogen) atoms. The fourth-order valence-corrected chi connectivity index (χ4v) is 3.75. The summed E-state index contributed by atoms with van der Waals surface area (Å²) in [6.45, 7) is 10.4. The Balaban J connectivity index is -0.000000471. The molecule has 0 fully saturated rings. The van der Waals surface area contributed by atoms with Gasteiger partial charge in [-0.3, -0.25) is 9.59 Å². The van der Waals surface area contributed by atoms with Crippen molar-refractivity contribution in [3.8, 4) is 0 Å². The molecule has 0 heterocycles. The van der Waals surface area contributed by atoms with Gasteiger partial charge >= 0.3 is 79.3 Å². The van der Waals surface area contributed by atoms with Gasteiger partial charge in [0.05, 0.1) is 0 Å². The van der Waals surface area contributed by atoms with Gasteiger partial charge in [0, 0.05) is 37.6 Å². The maximum atomic E-state index is 10.9. The van der Waals surface area contributed by atoms with Gasteiger partial charge in [0.2, 0.25) is 0 Å². The van der Waals surface area contributed by atoms with Crippen LogP contribution in [0.3, 0.4) is 0 Å². The van der Waals surface area contributed by atoms with Gasteiger partial charge in [0.1, 0.15) is 11.6 Å². The van der Waals surface area contributed by atoms with Crippen molar-refractivity contribution >= 4 is 23.5 Å². The van der Waals surface area contributed by atoms with E-state index in [1.165, 1.54) is 51.4 Å². The predicted molar refractivity (Wildman–Crippen MR) is 138 cm³/mol. The molecule has 9 heteroatoms. The van der Waals surface area contributed by atoms with Gasteiger partial charge in [-0.25, -0.2) is 0 Å². The number of ketones is 2. The Hall–Kier alpha value is -1.09. The van der Waals surface area contributed by atoms with E-state index in [1.54, 1.807) is 0 Å². The van der Waals surface area contributed by atoms with Gasteiger partial charge in [0.25, 0.3) is 0 Å². The standard InChI is InChI=1S/2C10H18O3.2C4H9O.Ti/c2*1-2-3-4-5-6-7-9(11)8-10(12)13;2*1-2-3-4-5;/h2*2-8H2,1H3,(H,12,13);2*2-4H2,1H3;/q;;2*-1;+4/p-2. The second-order valence-corrected chi connectivity index (χ2v) is 10.2. The Labute approximate surface area is 235 Å². The fraction of sp³-hybridized carbons (Fsp3) is 0.857. The normalized spacial score (nSPS) is 9.84. The molecule has 0 rings (SSSR count). The van der Waals surface area contributed by atoms with Crippen molar-refractivity contribution in [1.29, 1.82) is 0 Å². The molecule has 0 saturated heterocycles. The van der Waals surface area contributed by atoms with Crippen molar-refractivity contribution < 1.29 is 56.0 Å². The number of carbonyl (C=O) groups excluding carboxylic acids is 4. The number of carboxylic acids is 2. The molecule has 0 aromatic carbocycles. The van der Waals surface area contributed by atoms with E-state index in [0.717, 1.165) is 51.7 Å². The summed E-state index contributed by atoms with van der Waals surface area (Å²) in [6, 6.07) is 0. The molecule has 0 bridgehead atoms. The third kappa shape index (κ3) is 45.2. The third-order valence-corrected chi connectivity index (χ3v) is 6.12. The average Bonchev–Trinajstić information content (AvgIpc) is 2.83. The molecule has 0 N–H and O–H groups in total. The number of carboxylic acid groups (broad SMARTS) is 2. The van der Waals surface area contributed by atoms with E-state index in [4.69, 9.17) is 6.64 Å². The molecule has 0 radical (unpaired) electrons. The molecule has 0 aromatic heterocycles. The number of rotatable bonds is 24. The second kappa shape index (κ2) is 34.9. The third-order valence-electron chi connectivity index (χ3n) is 5.12. The maximum absolute atomic E-state index is 10.9. The molecule has 0 aromatic rings. The van der Waals surface area contributed by atoms with E-state index < -0.39 is 44.7 Å². The summed E-state index contributed by atoms with van der Waals surface area (Å²) >= 11 is -0.519. The van der Waals surface area contributed by atoms with Crippen molar-refractivity contribution in [2.75, 3.05) is 13.2 Å². The fourth-order valence-electron chi connectivity index (χ4n) is 2.91. The molecule has 0 aliphatic heterocycles. The van der Waals surface area contributed by atoms with E-state index in [0.29, 0.717) is 12.8 Å². The monoisotopic (exact) mass is 564 g/mol. The summed E-state index contributed by atoms with van der Waals surface area (Å²) in [5.74, 6) is -2.95. The summed E-state index contributed by atoms with van der Waals surface area (Å²) in [6.07, 6.45) is 15.3. The molecular weight excluding hydrogens is 512 g/mol. The van der Waals surface area contributed by atoms with Crippen LogP contribution in [0.1, 0.15) is 143 Å². The number of aliphatic carboxylic acids is 2. The first kappa shape index (κ1) is 40.4. The Bertz CT molecular complexity index is 494. The van der Waals surface area contributed by atoms with Crippen LogP contribution in [0.4, 0.5) is 0 Å². The number of unbranched alkanes of at least 4 members (excludes halogenated alkanes) is 10. The van der Waals surface area contributed by atoms with E-state index in [1.807, 2.05) is 0 Å². The van der Waals surface area contributed by atoms with Crippen LogP contribution >= 0.6 is 0 Å². The summed E-state index contributed by atoms with van der Waals surface area (Å²) in [5.41, 5.74) is 0. The van der Waals surface area contributed by atoms with Crippen LogP contribution in [-0.2, 0) is 45.7 Å². The molecule has 0 unspecified atom stereocenters. The van der Waals surface area contributed by atoms with Crippen molar-refractivity contribution in [2.24, 2.45) is 0 Å². The molecular formula is C28H52O8Ti. The van der Waals surface area contributed by atoms with E-state index in [-0.39, 0.29) is 11.6 Å². The molecule has 0 aliphatic carbocycles. The molecule has 0 spiro atoms. The van der Waals surface area contributed by atoms with Gasteiger partial charge in [-0.05, 0) is 12.8 Å². The van der Waals surface area contributed by atoms with E-state index in [2.05, 4.69) is 27.7 Å². The average molecular weight is 565 g/mol. The minimum atomic E-state index is -1.27. The predicted octanol–water partition coefficient (Wildman–Crippen LogP) is 4.64. The van der Waals surface area contributed by atoms with Crippen LogP contribution in [0.2, 0.25) is 0 Å². The minimum absolute atomic E-state index is 0.212. The van der Waals surface area contributed by atoms with Gasteiger partial charge < -0.3 is 19.8 Å². The summed E-state index contributed by atoms with van der Waals surface area (Å²) in [4.78, 5) is 41.8. The topological polar surface area (TPSA) is 133 Å². The van der Waals surface area contributed by atoms with Crippen molar-refractivity contribution in [3.05, 3.63) is 0 Å². The molecule has 0 aliphatic rings. The Morgan fingerprint density at radius 3 is 1.14 bits per heavy atom. The number of hydrogen-bond donors (Lipinski definition) is 0. The quantitative estimate of drug-likeness (QED) is 0.0940. The number of hydrogen-bond acceptors (Lipinski definition) is 8. The molecule has 0 amide bonds. The molecule has 216 valence electrons. The van der Waals surface area contributed by atoms with Crippen molar-refractivity contribution in [1.82, 2.24) is 0 Å². The zero-order valence-corrected chi connectivity index (χ0v) is 25.5. The number of Topliss-reactive ketones (excluding diaryl/α,β-unsaturated/α-hetero) is 2. The second-order valence-electron chi connectivity index (χ2n) is 8.99. The Morgan fingerprint density at radius 1 is 0.514 bits per heavy atom. The van der Waals surface area contributed by atoms with E-state index >= 15 is 0 Å². The molecule has 0 atom stereocenters. The summed E-state index contributed by atoms with van der Waals surface area (Å²) in [7, 11) is 0. The molecule has 0 saturated carbocycles. The van der Waals surface area contributed by atoms with Crippen molar-refractivity contribution in [3.63, 3.8) is 0 Å². The van der Waals surface area contributed by atoms with Gasteiger partial charge in [0.15, 0.2) is 0 Å². The van der Waals surface area contributed by atoms with Crippen LogP contribution in [0.5, 0.6) is 0 Å². The van der Waals surface area contributed by atoms with Crippen LogP contribution in [0, 0.1) is 0 Å². The van der Waals surface area contributed by atoms with Gasteiger partial charge in [-0.2, -0.15) is 0 Å². The zero-order valence-electron chi connectivity index (χ0n) is 23.9. The van der Waals surface area contributed by atoms with Crippen LogP contribution < -0.4 is 10.2 Å². The van der Waals surface area contributed by atoms with Gasteiger partial charge in [-0.15, -0.1) is 0 Å². The first-order valence-corrected chi connectivity index (χ1v) is 15.4. The summed E-state index contributed by atoms with van der Waals surface area (Å²) in [5, 5.41) is 20.0.